The molecule has 0 saturated heterocycles. The zero-order valence-electron chi connectivity index (χ0n) is 8.22. The van der Waals surface area contributed by atoms with Crippen LogP contribution in [-0.2, 0) is 0 Å². The minimum atomic E-state index is -0.239. The van der Waals surface area contributed by atoms with E-state index in [0.29, 0.717) is 16.1 Å². The van der Waals surface area contributed by atoms with Gasteiger partial charge >= 0.3 is 0 Å². The summed E-state index contributed by atoms with van der Waals surface area (Å²) in [6.07, 6.45) is 2.21. The average molecular weight is 259 g/mol. The van der Waals surface area contributed by atoms with Gasteiger partial charge in [-0.2, -0.15) is 10.2 Å². The molecule has 1 heterocycles. The van der Waals surface area contributed by atoms with Gasteiger partial charge in [-0.25, -0.2) is 4.39 Å². The van der Waals surface area contributed by atoms with Crippen molar-refractivity contribution in [3.8, 4) is 0 Å². The van der Waals surface area contributed by atoms with Crippen molar-refractivity contribution >= 4 is 15.9 Å². The summed E-state index contributed by atoms with van der Waals surface area (Å²) in [6, 6.07) is 0. The molecule has 0 atom stereocenters. The molecule has 1 fully saturated rings. The summed E-state index contributed by atoms with van der Waals surface area (Å²) < 4.78 is 14.3. The summed E-state index contributed by atoms with van der Waals surface area (Å²) in [5, 5.41) is 8.03. The largest absolute Gasteiger partial charge is 0.204 e. The summed E-state index contributed by atoms with van der Waals surface area (Å²) in [5.41, 5.74) is 1.23. The molecule has 0 aliphatic heterocycles. The Labute approximate surface area is 91.1 Å². The predicted octanol–water partition coefficient (Wildman–Crippen LogP) is 3.38. The maximum absolute atomic E-state index is 13.8. The van der Waals surface area contributed by atoms with E-state index in [1.807, 2.05) is 13.8 Å². The van der Waals surface area contributed by atoms with E-state index in [0.717, 1.165) is 18.5 Å². The third-order valence-electron chi connectivity index (χ3n) is 2.42. The first-order chi connectivity index (χ1) is 6.61. The van der Waals surface area contributed by atoms with Gasteiger partial charge in [0.2, 0.25) is 0 Å². The second-order valence-corrected chi connectivity index (χ2v) is 4.82. The molecule has 0 amide bonds. The van der Waals surface area contributed by atoms with E-state index in [4.69, 9.17) is 0 Å². The lowest BCUT2D eigenvalue weighted by Gasteiger charge is -2.08. The maximum atomic E-state index is 13.8. The van der Waals surface area contributed by atoms with Gasteiger partial charge in [-0.05, 0) is 28.8 Å². The van der Waals surface area contributed by atoms with Gasteiger partial charge < -0.3 is 0 Å². The summed E-state index contributed by atoms with van der Waals surface area (Å²) in [5.74, 6) is 0.261. The van der Waals surface area contributed by atoms with E-state index in [2.05, 4.69) is 26.1 Å². The highest BCUT2D eigenvalue weighted by Gasteiger charge is 2.30. The number of hydrogen-bond donors (Lipinski definition) is 0. The molecule has 0 bridgehead atoms. The lowest BCUT2D eigenvalue weighted by molar-refractivity contribution is 0.560. The van der Waals surface area contributed by atoms with Gasteiger partial charge in [-0.1, -0.05) is 13.8 Å². The minimum absolute atomic E-state index is 0.0760. The fourth-order valence-corrected chi connectivity index (χ4v) is 2.01. The van der Waals surface area contributed by atoms with Crippen LogP contribution in [0.2, 0.25) is 0 Å². The Morgan fingerprint density at radius 2 is 2.00 bits per heavy atom. The van der Waals surface area contributed by atoms with Crippen molar-refractivity contribution in [3.63, 3.8) is 0 Å². The van der Waals surface area contributed by atoms with Crippen LogP contribution in [0.15, 0.2) is 4.47 Å². The molecule has 0 spiro atoms. The first-order valence-electron chi connectivity index (χ1n) is 4.82. The van der Waals surface area contributed by atoms with E-state index in [-0.39, 0.29) is 11.7 Å². The zero-order valence-corrected chi connectivity index (χ0v) is 9.81. The number of nitrogens with zero attached hydrogens (tertiary/aromatic N) is 2. The fourth-order valence-electron chi connectivity index (χ4n) is 1.41. The summed E-state index contributed by atoms with van der Waals surface area (Å²) >= 11 is 3.26. The topological polar surface area (TPSA) is 25.8 Å². The molecule has 2 nitrogen and oxygen atoms in total. The quantitative estimate of drug-likeness (QED) is 0.813. The average Bonchev–Trinajstić information content (AvgIpc) is 2.92. The van der Waals surface area contributed by atoms with E-state index in [1.54, 1.807) is 0 Å². The molecule has 0 radical (unpaired) electrons. The van der Waals surface area contributed by atoms with Crippen LogP contribution in [0.3, 0.4) is 0 Å². The Morgan fingerprint density at radius 1 is 1.36 bits per heavy atom. The Balaban J connectivity index is 2.44. The lowest BCUT2D eigenvalue weighted by atomic mass is 10.1. The second kappa shape index (κ2) is 3.57. The van der Waals surface area contributed by atoms with Crippen LogP contribution in [0.4, 0.5) is 4.39 Å². The first kappa shape index (κ1) is 10.0. The zero-order chi connectivity index (χ0) is 10.3. The fraction of sp³-hybridized carbons (Fsp3) is 0.600. The molecular formula is C10H12BrFN2. The molecule has 0 aromatic carbocycles. The Hall–Kier alpha value is -0.510. The SMILES string of the molecule is CC(C)c1nnc(C2CC2)c(Br)c1F. The number of rotatable bonds is 2. The normalized spacial score (nSPS) is 16.4. The number of hydrogen-bond acceptors (Lipinski definition) is 2. The van der Waals surface area contributed by atoms with Crippen molar-refractivity contribution in [1.29, 1.82) is 0 Å². The van der Waals surface area contributed by atoms with Crippen molar-refractivity contribution in [3.05, 3.63) is 21.7 Å². The van der Waals surface area contributed by atoms with Crippen LogP contribution in [0.5, 0.6) is 0 Å². The molecule has 76 valence electrons. The highest BCUT2D eigenvalue weighted by Crippen LogP contribution is 2.43. The summed E-state index contributed by atoms with van der Waals surface area (Å²) in [4.78, 5) is 0. The number of aromatic nitrogens is 2. The third kappa shape index (κ3) is 1.67. The molecule has 1 aliphatic rings. The molecule has 14 heavy (non-hydrogen) atoms. The van der Waals surface area contributed by atoms with Crippen LogP contribution < -0.4 is 0 Å². The molecule has 4 heteroatoms. The highest BCUT2D eigenvalue weighted by atomic mass is 79.9. The standard InChI is InChI=1S/C10H12BrFN2/c1-5(2)9-8(12)7(11)10(14-13-9)6-3-4-6/h5-6H,3-4H2,1-2H3. The van der Waals surface area contributed by atoms with E-state index in [1.165, 1.54) is 0 Å². The van der Waals surface area contributed by atoms with Crippen LogP contribution in [0.25, 0.3) is 0 Å². The first-order valence-corrected chi connectivity index (χ1v) is 5.62. The van der Waals surface area contributed by atoms with Crippen molar-refractivity contribution in [2.45, 2.75) is 38.5 Å². The van der Waals surface area contributed by atoms with E-state index >= 15 is 0 Å². The van der Waals surface area contributed by atoms with Crippen molar-refractivity contribution in [2.24, 2.45) is 0 Å². The smallest absolute Gasteiger partial charge is 0.162 e. The predicted molar refractivity (Wildman–Crippen MR) is 55.8 cm³/mol. The van der Waals surface area contributed by atoms with Crippen LogP contribution in [0, 0.1) is 5.82 Å². The van der Waals surface area contributed by atoms with E-state index in [9.17, 15) is 4.39 Å². The van der Waals surface area contributed by atoms with Gasteiger partial charge in [0.15, 0.2) is 5.82 Å². The minimum Gasteiger partial charge on any atom is -0.204 e. The van der Waals surface area contributed by atoms with Crippen LogP contribution >= 0.6 is 15.9 Å². The molecule has 1 aromatic rings. The van der Waals surface area contributed by atoms with Gasteiger partial charge in [0.25, 0.3) is 0 Å². The van der Waals surface area contributed by atoms with Crippen LogP contribution in [-0.4, -0.2) is 10.2 Å². The third-order valence-corrected chi connectivity index (χ3v) is 3.17. The molecular weight excluding hydrogens is 247 g/mol. The summed E-state index contributed by atoms with van der Waals surface area (Å²) in [7, 11) is 0. The van der Waals surface area contributed by atoms with Gasteiger partial charge in [0, 0.05) is 11.8 Å². The molecule has 1 saturated carbocycles. The van der Waals surface area contributed by atoms with Crippen molar-refractivity contribution in [1.82, 2.24) is 10.2 Å². The van der Waals surface area contributed by atoms with E-state index < -0.39 is 0 Å². The lowest BCUT2D eigenvalue weighted by Crippen LogP contribution is -2.04. The van der Waals surface area contributed by atoms with Crippen molar-refractivity contribution in [2.75, 3.05) is 0 Å². The molecule has 1 aromatic heterocycles. The number of halogens is 2. The highest BCUT2D eigenvalue weighted by molar-refractivity contribution is 9.10. The molecule has 1 aliphatic carbocycles. The van der Waals surface area contributed by atoms with Crippen molar-refractivity contribution < 1.29 is 4.39 Å². The Morgan fingerprint density at radius 3 is 2.50 bits per heavy atom. The summed E-state index contributed by atoms with van der Waals surface area (Å²) in [6.45, 7) is 3.83. The van der Waals surface area contributed by atoms with Gasteiger partial charge in [-0.15, -0.1) is 0 Å². The van der Waals surface area contributed by atoms with Gasteiger partial charge in [0.05, 0.1) is 10.2 Å². The molecule has 0 unspecified atom stereocenters. The molecule has 2 rings (SSSR count). The Bertz CT molecular complexity index is 334. The Kier molecular flexibility index (Phi) is 2.56. The van der Waals surface area contributed by atoms with Gasteiger partial charge in [0.1, 0.15) is 5.69 Å². The maximum Gasteiger partial charge on any atom is 0.162 e. The van der Waals surface area contributed by atoms with Gasteiger partial charge in [-0.3, -0.25) is 0 Å². The monoisotopic (exact) mass is 258 g/mol. The second-order valence-electron chi connectivity index (χ2n) is 4.03. The molecule has 0 N–H and O–H groups in total. The van der Waals surface area contributed by atoms with Crippen LogP contribution in [0.1, 0.15) is 49.9 Å².